The fourth-order valence-electron chi connectivity index (χ4n) is 5.46. The third-order valence-electron chi connectivity index (χ3n) is 7.21. The van der Waals surface area contributed by atoms with E-state index in [4.69, 9.17) is 0 Å². The second kappa shape index (κ2) is 14.9. The van der Waals surface area contributed by atoms with Crippen molar-refractivity contribution in [2.75, 3.05) is 21.1 Å². The maximum Gasteiger partial charge on any atom is 0.316 e. The van der Waals surface area contributed by atoms with Gasteiger partial charge in [-0.05, 0) is 39.5 Å². The predicted molar refractivity (Wildman–Crippen MR) is 130 cm³/mol. The molecule has 0 amide bonds. The minimum atomic E-state index is -1.77. The van der Waals surface area contributed by atoms with Crippen molar-refractivity contribution in [2.24, 2.45) is 5.41 Å². The summed E-state index contributed by atoms with van der Waals surface area (Å²) in [7, 11) is 5.07. The Morgan fingerprint density at radius 3 is 1.61 bits per heavy atom. The van der Waals surface area contributed by atoms with Gasteiger partial charge in [-0.15, -0.1) is 0 Å². The molecule has 33 heavy (non-hydrogen) atoms. The zero-order valence-electron chi connectivity index (χ0n) is 22.1. The summed E-state index contributed by atoms with van der Waals surface area (Å²) in [6.07, 6.45) is 9.14. The van der Waals surface area contributed by atoms with Crippen LogP contribution in [0.2, 0.25) is 0 Å². The standard InChI is InChI=1S/C26H51NO6/c1-7-8-9-10-11-12-13-14-15-16-18-26(24(32)33,27(4,5)6)25(23(30)31,20-22(3)29)19-17-21(2)28/h21-22,28-29H,7-20H2,1-6H3,(H-,30,31,32,33). The zero-order chi connectivity index (χ0) is 25.7. The van der Waals surface area contributed by atoms with E-state index < -0.39 is 35.1 Å². The summed E-state index contributed by atoms with van der Waals surface area (Å²) in [6, 6.07) is 0. The van der Waals surface area contributed by atoms with Gasteiger partial charge in [-0.2, -0.15) is 0 Å². The average molecular weight is 474 g/mol. The number of carboxylic acids is 2. The molecule has 0 aromatic carbocycles. The lowest BCUT2D eigenvalue weighted by Gasteiger charge is -2.56. The fraction of sp³-hybridized carbons (Fsp3) is 0.923. The van der Waals surface area contributed by atoms with Crippen molar-refractivity contribution < 1.29 is 34.5 Å². The van der Waals surface area contributed by atoms with Crippen molar-refractivity contribution in [1.82, 2.24) is 0 Å². The Hall–Kier alpha value is -1.18. The van der Waals surface area contributed by atoms with E-state index in [0.29, 0.717) is 6.42 Å². The molecular formula is C26H51NO6. The highest BCUT2D eigenvalue weighted by Gasteiger charge is 2.65. The molecule has 4 unspecified atom stereocenters. The van der Waals surface area contributed by atoms with Gasteiger partial charge in [0.15, 0.2) is 5.54 Å². The normalized spacial score (nSPS) is 17.7. The molecule has 0 fully saturated rings. The van der Waals surface area contributed by atoms with Crippen LogP contribution in [0.25, 0.3) is 0 Å². The smallest absolute Gasteiger partial charge is 0.316 e. The van der Waals surface area contributed by atoms with Crippen LogP contribution in [0.15, 0.2) is 0 Å². The number of carboxylic acid groups (broad SMARTS) is 2. The Balaban J connectivity index is 5.64. The van der Waals surface area contributed by atoms with Gasteiger partial charge in [0, 0.05) is 6.42 Å². The molecule has 4 atom stereocenters. The summed E-state index contributed by atoms with van der Waals surface area (Å²) >= 11 is 0. The summed E-state index contributed by atoms with van der Waals surface area (Å²) < 4.78 is -0.133. The molecule has 0 aliphatic rings. The molecule has 0 bridgehead atoms. The first-order chi connectivity index (χ1) is 15.3. The number of carbonyl (C=O) groups excluding carboxylic acids is 1. The summed E-state index contributed by atoms with van der Waals surface area (Å²) in [5.41, 5.74) is -3.51. The van der Waals surface area contributed by atoms with Gasteiger partial charge in [0.2, 0.25) is 0 Å². The van der Waals surface area contributed by atoms with Crippen LogP contribution in [0.5, 0.6) is 0 Å². The van der Waals surface area contributed by atoms with Gasteiger partial charge in [0.1, 0.15) is 11.4 Å². The van der Waals surface area contributed by atoms with Gasteiger partial charge >= 0.3 is 5.97 Å². The average Bonchev–Trinajstić information content (AvgIpc) is 2.67. The van der Waals surface area contributed by atoms with Crippen molar-refractivity contribution in [3.63, 3.8) is 0 Å². The number of aliphatic hydroxyl groups excluding tert-OH is 2. The molecule has 7 heteroatoms. The molecule has 0 saturated heterocycles. The number of hydrogen-bond donors (Lipinski definition) is 3. The number of aliphatic carboxylic acids is 2. The third-order valence-corrected chi connectivity index (χ3v) is 7.21. The lowest BCUT2D eigenvalue weighted by atomic mass is 9.59. The summed E-state index contributed by atoms with van der Waals surface area (Å²) in [4.78, 5) is 25.6. The lowest BCUT2D eigenvalue weighted by Crippen LogP contribution is -2.76. The monoisotopic (exact) mass is 473 g/mol. The Morgan fingerprint density at radius 1 is 0.818 bits per heavy atom. The van der Waals surface area contributed by atoms with E-state index in [1.54, 1.807) is 28.1 Å². The molecule has 7 nitrogen and oxygen atoms in total. The molecule has 0 aliphatic heterocycles. The number of likely N-dealkylation sites (N-methyl/N-ethyl adjacent to an activating group) is 1. The number of unbranched alkanes of at least 4 members (excludes halogenated alkanes) is 9. The summed E-state index contributed by atoms with van der Waals surface area (Å²) in [5, 5.41) is 43.3. The fourth-order valence-corrected chi connectivity index (χ4v) is 5.46. The minimum absolute atomic E-state index is 0.0494. The van der Waals surface area contributed by atoms with Crippen LogP contribution < -0.4 is 5.11 Å². The van der Waals surface area contributed by atoms with E-state index in [2.05, 4.69) is 6.92 Å². The maximum atomic E-state index is 12.8. The van der Waals surface area contributed by atoms with Gasteiger partial charge in [-0.25, -0.2) is 0 Å². The Labute approximate surface area is 201 Å². The van der Waals surface area contributed by atoms with Crippen molar-refractivity contribution in [1.29, 1.82) is 0 Å². The van der Waals surface area contributed by atoms with Gasteiger partial charge in [-0.1, -0.05) is 64.7 Å². The van der Waals surface area contributed by atoms with E-state index in [-0.39, 0.29) is 30.2 Å². The van der Waals surface area contributed by atoms with Crippen LogP contribution >= 0.6 is 0 Å². The van der Waals surface area contributed by atoms with Crippen LogP contribution in [-0.4, -0.2) is 70.6 Å². The van der Waals surface area contributed by atoms with Crippen molar-refractivity contribution in [3.8, 4) is 0 Å². The van der Waals surface area contributed by atoms with E-state index >= 15 is 0 Å². The van der Waals surface area contributed by atoms with E-state index in [0.717, 1.165) is 19.3 Å². The van der Waals surface area contributed by atoms with Gasteiger partial charge in [0.05, 0.1) is 33.4 Å². The molecule has 0 spiro atoms. The first-order valence-electron chi connectivity index (χ1n) is 12.9. The van der Waals surface area contributed by atoms with E-state index in [1.165, 1.54) is 45.4 Å². The molecule has 0 radical (unpaired) electrons. The molecule has 0 aromatic rings. The van der Waals surface area contributed by atoms with Crippen LogP contribution in [0, 0.1) is 5.41 Å². The topological polar surface area (TPSA) is 118 Å². The minimum Gasteiger partial charge on any atom is -0.544 e. The molecule has 0 aliphatic carbocycles. The summed E-state index contributed by atoms with van der Waals surface area (Å²) in [5.74, 6) is -2.66. The third kappa shape index (κ3) is 9.18. The number of hydrogen-bond acceptors (Lipinski definition) is 5. The highest BCUT2D eigenvalue weighted by atomic mass is 16.4. The van der Waals surface area contributed by atoms with Crippen LogP contribution in [0.1, 0.15) is 111 Å². The number of rotatable bonds is 20. The molecule has 0 aromatic heterocycles. The number of quaternary nitrogens is 1. The molecule has 0 heterocycles. The molecule has 0 rings (SSSR count). The maximum absolute atomic E-state index is 12.8. The first kappa shape index (κ1) is 31.8. The number of nitrogens with zero attached hydrogens (tertiary/aromatic N) is 1. The van der Waals surface area contributed by atoms with Crippen molar-refractivity contribution >= 4 is 11.9 Å². The Bertz CT molecular complexity index is 572. The SMILES string of the molecule is CCCCCCCCCCCCC(C(=O)[O-])(C(CCC(C)O)(CC(C)O)C(=O)O)[N+](C)(C)C. The van der Waals surface area contributed by atoms with Gasteiger partial charge in [0.25, 0.3) is 0 Å². The Morgan fingerprint density at radius 2 is 1.27 bits per heavy atom. The van der Waals surface area contributed by atoms with Crippen molar-refractivity contribution in [2.45, 2.75) is 128 Å². The van der Waals surface area contributed by atoms with E-state index in [1.807, 2.05) is 0 Å². The second-order valence-electron chi connectivity index (χ2n) is 10.9. The molecule has 0 saturated carbocycles. The van der Waals surface area contributed by atoms with Crippen LogP contribution in [0.4, 0.5) is 0 Å². The first-order valence-corrected chi connectivity index (χ1v) is 12.9. The van der Waals surface area contributed by atoms with Gasteiger partial charge in [-0.3, -0.25) is 4.79 Å². The van der Waals surface area contributed by atoms with Crippen LogP contribution in [0.3, 0.4) is 0 Å². The molecule has 3 N–H and O–H groups in total. The zero-order valence-corrected chi connectivity index (χ0v) is 22.1. The second-order valence-corrected chi connectivity index (χ2v) is 10.9. The van der Waals surface area contributed by atoms with E-state index in [9.17, 15) is 30.0 Å². The Kier molecular flexibility index (Phi) is 14.4. The summed E-state index contributed by atoms with van der Waals surface area (Å²) in [6.45, 7) is 5.24. The quantitative estimate of drug-likeness (QED) is 0.184. The highest BCUT2D eigenvalue weighted by Crippen LogP contribution is 2.49. The number of carbonyl (C=O) groups is 2. The number of aliphatic hydroxyl groups is 2. The van der Waals surface area contributed by atoms with Crippen LogP contribution in [-0.2, 0) is 9.59 Å². The highest BCUT2D eigenvalue weighted by molar-refractivity contribution is 5.88. The molecule has 196 valence electrons. The van der Waals surface area contributed by atoms with Gasteiger partial charge < -0.3 is 29.7 Å². The lowest BCUT2D eigenvalue weighted by molar-refractivity contribution is -0.924. The largest absolute Gasteiger partial charge is 0.544 e. The van der Waals surface area contributed by atoms with Crippen molar-refractivity contribution in [3.05, 3.63) is 0 Å². The predicted octanol–water partition coefficient (Wildman–Crippen LogP) is 3.50. The molecular weight excluding hydrogens is 422 g/mol.